The summed E-state index contributed by atoms with van der Waals surface area (Å²) in [4.78, 5) is 11.7. The first-order valence-corrected chi connectivity index (χ1v) is 4.99. The van der Waals surface area contributed by atoms with Crippen molar-refractivity contribution < 1.29 is 4.79 Å². The zero-order chi connectivity index (χ0) is 11.4. The van der Waals surface area contributed by atoms with Crippen LogP contribution in [0.1, 0.15) is 17.4 Å². The number of halogens is 1. The summed E-state index contributed by atoms with van der Waals surface area (Å²) in [6.45, 7) is 6.38. The number of hydrogen-bond donors (Lipinski definition) is 2. The summed E-state index contributed by atoms with van der Waals surface area (Å²) < 4.78 is 1.78. The molecule has 0 aliphatic rings. The van der Waals surface area contributed by atoms with Crippen molar-refractivity contribution in [2.45, 2.75) is 13.5 Å². The Morgan fingerprint density at radius 1 is 1.73 bits per heavy atom. The van der Waals surface area contributed by atoms with E-state index in [0.29, 0.717) is 23.0 Å². The highest BCUT2D eigenvalue weighted by atomic mass is 35.5. The first kappa shape index (κ1) is 11.7. The molecule has 0 radical (unpaired) electrons. The highest BCUT2D eigenvalue weighted by Crippen LogP contribution is 2.10. The number of anilines is 1. The third kappa shape index (κ3) is 3.02. The van der Waals surface area contributed by atoms with Crippen LogP contribution in [0.4, 0.5) is 5.69 Å². The second-order valence-corrected chi connectivity index (χ2v) is 3.68. The van der Waals surface area contributed by atoms with E-state index in [1.807, 2.05) is 6.92 Å². The average Bonchev–Trinajstić information content (AvgIpc) is 2.56. The van der Waals surface area contributed by atoms with Crippen LogP contribution in [0.2, 0.25) is 0 Å². The Hall–Kier alpha value is -1.42. The molecule has 0 aliphatic carbocycles. The summed E-state index contributed by atoms with van der Waals surface area (Å²) in [6.07, 6.45) is 1.73. The monoisotopic (exact) mass is 227 g/mol. The Morgan fingerprint density at radius 3 is 2.93 bits per heavy atom. The Labute approximate surface area is 93.7 Å². The van der Waals surface area contributed by atoms with Crippen LogP contribution in [0.3, 0.4) is 0 Å². The largest absolute Gasteiger partial charge is 0.397 e. The standard InChI is InChI=1S/C10H14ClN3O/c1-3-14-6-8(12)4-9(14)10(15)13-5-7(2)11/h4,6H,2-3,5,12H2,1H3,(H,13,15). The number of nitrogen functional groups attached to an aromatic ring is 1. The second kappa shape index (κ2) is 4.89. The van der Waals surface area contributed by atoms with Crippen molar-refractivity contribution in [2.24, 2.45) is 0 Å². The van der Waals surface area contributed by atoms with Crippen LogP contribution in [0.25, 0.3) is 0 Å². The van der Waals surface area contributed by atoms with Crippen molar-refractivity contribution >= 4 is 23.2 Å². The van der Waals surface area contributed by atoms with E-state index in [4.69, 9.17) is 17.3 Å². The van der Waals surface area contributed by atoms with Crippen molar-refractivity contribution in [3.63, 3.8) is 0 Å². The van der Waals surface area contributed by atoms with Gasteiger partial charge >= 0.3 is 0 Å². The summed E-state index contributed by atoms with van der Waals surface area (Å²) >= 11 is 5.55. The number of aromatic nitrogens is 1. The highest BCUT2D eigenvalue weighted by Gasteiger charge is 2.11. The number of nitrogens with one attached hydrogen (secondary N) is 1. The zero-order valence-corrected chi connectivity index (χ0v) is 9.34. The third-order valence-electron chi connectivity index (χ3n) is 1.93. The average molecular weight is 228 g/mol. The van der Waals surface area contributed by atoms with Gasteiger partial charge in [0.05, 0.1) is 12.2 Å². The highest BCUT2D eigenvalue weighted by molar-refractivity contribution is 6.29. The number of carbonyl (C=O) groups excluding carboxylic acids is 1. The zero-order valence-electron chi connectivity index (χ0n) is 8.59. The van der Waals surface area contributed by atoms with Crippen LogP contribution in [-0.4, -0.2) is 17.0 Å². The van der Waals surface area contributed by atoms with Crippen molar-refractivity contribution in [3.8, 4) is 0 Å². The Morgan fingerprint density at radius 2 is 2.40 bits per heavy atom. The van der Waals surface area contributed by atoms with Gasteiger partial charge in [0, 0.05) is 17.8 Å². The van der Waals surface area contributed by atoms with Gasteiger partial charge in [0.1, 0.15) is 5.69 Å². The fraction of sp³-hybridized carbons (Fsp3) is 0.300. The minimum Gasteiger partial charge on any atom is -0.397 e. The van der Waals surface area contributed by atoms with Crippen LogP contribution in [0.5, 0.6) is 0 Å². The summed E-state index contributed by atoms with van der Waals surface area (Å²) in [5.74, 6) is -0.199. The Balaban J connectivity index is 2.76. The lowest BCUT2D eigenvalue weighted by atomic mass is 10.3. The molecule has 1 aromatic heterocycles. The minimum absolute atomic E-state index is 0.199. The van der Waals surface area contributed by atoms with E-state index in [0.717, 1.165) is 0 Å². The first-order chi connectivity index (χ1) is 7.04. The Bertz CT molecular complexity index is 384. The molecule has 0 spiro atoms. The first-order valence-electron chi connectivity index (χ1n) is 4.61. The molecule has 0 bridgehead atoms. The van der Waals surface area contributed by atoms with Crippen LogP contribution < -0.4 is 11.1 Å². The summed E-state index contributed by atoms with van der Waals surface area (Å²) in [7, 11) is 0. The third-order valence-corrected chi connectivity index (χ3v) is 2.07. The molecule has 0 saturated heterocycles. The fourth-order valence-electron chi connectivity index (χ4n) is 1.25. The van der Waals surface area contributed by atoms with Crippen LogP contribution in [0, 0.1) is 0 Å². The van der Waals surface area contributed by atoms with Gasteiger partial charge < -0.3 is 15.6 Å². The SMILES string of the molecule is C=C(Cl)CNC(=O)c1cc(N)cn1CC. The molecular formula is C10H14ClN3O. The molecule has 0 unspecified atom stereocenters. The smallest absolute Gasteiger partial charge is 0.268 e. The van der Waals surface area contributed by atoms with Gasteiger partial charge in [-0.2, -0.15) is 0 Å². The van der Waals surface area contributed by atoms with Crippen LogP contribution >= 0.6 is 11.6 Å². The molecule has 3 N–H and O–H groups in total. The molecule has 5 heteroatoms. The minimum atomic E-state index is -0.199. The molecule has 82 valence electrons. The van der Waals surface area contributed by atoms with E-state index in [1.54, 1.807) is 16.8 Å². The van der Waals surface area contributed by atoms with E-state index in [2.05, 4.69) is 11.9 Å². The van der Waals surface area contributed by atoms with E-state index >= 15 is 0 Å². The number of nitrogens with two attached hydrogens (primary N) is 1. The number of rotatable bonds is 4. The van der Waals surface area contributed by atoms with Gasteiger partial charge in [-0.25, -0.2) is 0 Å². The van der Waals surface area contributed by atoms with E-state index < -0.39 is 0 Å². The lowest BCUT2D eigenvalue weighted by molar-refractivity contribution is 0.0948. The number of aryl methyl sites for hydroxylation is 1. The topological polar surface area (TPSA) is 60.1 Å². The van der Waals surface area contributed by atoms with Crippen LogP contribution in [0.15, 0.2) is 23.9 Å². The second-order valence-electron chi connectivity index (χ2n) is 3.14. The molecule has 4 nitrogen and oxygen atoms in total. The van der Waals surface area contributed by atoms with E-state index in [1.165, 1.54) is 0 Å². The van der Waals surface area contributed by atoms with E-state index in [9.17, 15) is 4.79 Å². The number of carbonyl (C=O) groups is 1. The maximum Gasteiger partial charge on any atom is 0.268 e. The molecule has 0 aliphatic heterocycles. The van der Waals surface area contributed by atoms with Gasteiger partial charge in [-0.3, -0.25) is 4.79 Å². The molecule has 1 amide bonds. The lowest BCUT2D eigenvalue weighted by Crippen LogP contribution is -2.26. The molecule has 1 aromatic rings. The molecule has 0 aromatic carbocycles. The van der Waals surface area contributed by atoms with Gasteiger partial charge in [-0.1, -0.05) is 18.2 Å². The van der Waals surface area contributed by atoms with Gasteiger partial charge in [0.15, 0.2) is 0 Å². The maximum absolute atomic E-state index is 11.7. The van der Waals surface area contributed by atoms with Crippen molar-refractivity contribution in [1.82, 2.24) is 9.88 Å². The van der Waals surface area contributed by atoms with Gasteiger partial charge in [-0.05, 0) is 13.0 Å². The quantitative estimate of drug-likeness (QED) is 0.821. The van der Waals surface area contributed by atoms with Gasteiger partial charge in [0.2, 0.25) is 0 Å². The van der Waals surface area contributed by atoms with Crippen molar-refractivity contribution in [2.75, 3.05) is 12.3 Å². The summed E-state index contributed by atoms with van der Waals surface area (Å²) in [6, 6.07) is 1.63. The molecule has 1 rings (SSSR count). The lowest BCUT2D eigenvalue weighted by Gasteiger charge is -2.06. The van der Waals surface area contributed by atoms with Crippen molar-refractivity contribution in [3.05, 3.63) is 29.6 Å². The predicted molar refractivity (Wildman–Crippen MR) is 61.8 cm³/mol. The maximum atomic E-state index is 11.7. The van der Waals surface area contributed by atoms with Gasteiger partial charge in [-0.15, -0.1) is 0 Å². The molecule has 1 heterocycles. The van der Waals surface area contributed by atoms with Gasteiger partial charge in [0.25, 0.3) is 5.91 Å². The van der Waals surface area contributed by atoms with Crippen molar-refractivity contribution in [1.29, 1.82) is 0 Å². The predicted octanol–water partition coefficient (Wildman–Crippen LogP) is 1.57. The summed E-state index contributed by atoms with van der Waals surface area (Å²) in [5.41, 5.74) is 6.72. The number of hydrogen-bond acceptors (Lipinski definition) is 2. The number of amides is 1. The van der Waals surface area contributed by atoms with E-state index in [-0.39, 0.29) is 12.5 Å². The number of nitrogens with zero attached hydrogens (tertiary/aromatic N) is 1. The fourth-order valence-corrected chi connectivity index (χ4v) is 1.32. The van der Waals surface area contributed by atoms with Crippen LogP contribution in [-0.2, 0) is 6.54 Å². The molecule has 0 saturated carbocycles. The molecule has 0 atom stereocenters. The molecule has 0 fully saturated rings. The molecular weight excluding hydrogens is 214 g/mol. The Kier molecular flexibility index (Phi) is 3.80. The molecule has 15 heavy (non-hydrogen) atoms. The normalized spacial score (nSPS) is 10.0. The summed E-state index contributed by atoms with van der Waals surface area (Å²) in [5, 5.41) is 3.03.